The minimum atomic E-state index is -0.527. The topological polar surface area (TPSA) is 48.1 Å². The van der Waals surface area contributed by atoms with E-state index in [2.05, 4.69) is 16.4 Å². The molecule has 4 aromatic rings. The molecule has 1 aliphatic rings. The highest BCUT2D eigenvalue weighted by atomic mass is 32.2. The van der Waals surface area contributed by atoms with Crippen LogP contribution in [0.1, 0.15) is 22.9 Å². The molecule has 0 unspecified atom stereocenters. The summed E-state index contributed by atoms with van der Waals surface area (Å²) in [6, 6.07) is 21.7. The largest absolute Gasteiger partial charge is 0.356 e. The fraction of sp³-hybridized carbons (Fsp3) is 0.160. The van der Waals surface area contributed by atoms with Crippen LogP contribution in [0.3, 0.4) is 0 Å². The minimum Gasteiger partial charge on any atom is -0.356 e. The number of nitrogens with one attached hydrogen (secondary N) is 2. The zero-order valence-corrected chi connectivity index (χ0v) is 17.9. The number of nitrogens with zero attached hydrogens (tertiary/aromatic N) is 1. The molecule has 2 amide bonds. The first-order chi connectivity index (χ1) is 15.2. The van der Waals surface area contributed by atoms with Gasteiger partial charge in [0.1, 0.15) is 11.9 Å². The quantitative estimate of drug-likeness (QED) is 0.379. The number of para-hydroxylation sites is 1. The first-order valence-corrected chi connectivity index (χ1v) is 11.4. The molecule has 0 fully saturated rings. The number of benzene rings is 3. The Balaban J connectivity index is 1.57. The highest BCUT2D eigenvalue weighted by Gasteiger charge is 2.36. The van der Waals surface area contributed by atoms with E-state index in [0.717, 1.165) is 32.7 Å². The van der Waals surface area contributed by atoms with Gasteiger partial charge in [0.05, 0.1) is 0 Å². The van der Waals surface area contributed by atoms with Crippen molar-refractivity contribution in [1.82, 2.24) is 9.88 Å². The number of amides is 2. The molecule has 3 aromatic carbocycles. The zero-order valence-electron chi connectivity index (χ0n) is 17.1. The van der Waals surface area contributed by atoms with Gasteiger partial charge >= 0.3 is 6.03 Å². The molecule has 1 aromatic heterocycles. The standard InChI is InChI=1S/C25H22FN3OS/c1-31-17-8-6-7-16(15-17)27-25(30)29-14-13-19-18-9-3-5-12-22(18)28-23(19)24(29)20-10-2-4-11-21(20)26/h2-12,15,24,28H,13-14H2,1H3,(H,27,30)/t24-/m0/s1. The fourth-order valence-electron chi connectivity index (χ4n) is 4.38. The maximum Gasteiger partial charge on any atom is 0.322 e. The Hall–Kier alpha value is -3.25. The van der Waals surface area contributed by atoms with Gasteiger partial charge in [0.15, 0.2) is 0 Å². The summed E-state index contributed by atoms with van der Waals surface area (Å²) in [5, 5.41) is 4.14. The van der Waals surface area contributed by atoms with E-state index in [0.29, 0.717) is 18.5 Å². The summed E-state index contributed by atoms with van der Waals surface area (Å²) in [6.45, 7) is 0.502. The smallest absolute Gasteiger partial charge is 0.322 e. The summed E-state index contributed by atoms with van der Waals surface area (Å²) in [5.41, 5.74) is 4.25. The average Bonchev–Trinajstić information content (AvgIpc) is 3.18. The van der Waals surface area contributed by atoms with Crippen molar-refractivity contribution in [3.63, 3.8) is 0 Å². The predicted octanol–water partition coefficient (Wildman–Crippen LogP) is 6.21. The number of rotatable bonds is 3. The van der Waals surface area contributed by atoms with E-state index in [1.165, 1.54) is 6.07 Å². The number of hydrogen-bond donors (Lipinski definition) is 2. The number of halogens is 1. The van der Waals surface area contributed by atoms with Crippen LogP contribution in [-0.4, -0.2) is 28.7 Å². The number of aromatic amines is 1. The van der Waals surface area contributed by atoms with Gasteiger partial charge < -0.3 is 15.2 Å². The molecule has 0 spiro atoms. The van der Waals surface area contributed by atoms with Crippen molar-refractivity contribution < 1.29 is 9.18 Å². The van der Waals surface area contributed by atoms with Crippen molar-refractivity contribution in [3.8, 4) is 0 Å². The molecule has 2 heterocycles. The molecule has 31 heavy (non-hydrogen) atoms. The molecule has 1 atom stereocenters. The lowest BCUT2D eigenvalue weighted by Crippen LogP contribution is -2.43. The second kappa shape index (κ2) is 8.12. The molecule has 5 rings (SSSR count). The SMILES string of the molecule is CSc1cccc(NC(=O)N2CCc3c([nH]c4ccccc34)[C@@H]2c2ccccc2F)c1. The van der Waals surface area contributed by atoms with Crippen molar-refractivity contribution in [2.24, 2.45) is 0 Å². The maximum atomic E-state index is 14.9. The normalized spacial score (nSPS) is 15.7. The first-order valence-electron chi connectivity index (χ1n) is 10.2. The second-order valence-electron chi connectivity index (χ2n) is 7.59. The molecule has 2 N–H and O–H groups in total. The van der Waals surface area contributed by atoms with Gasteiger partial charge in [0.25, 0.3) is 0 Å². The van der Waals surface area contributed by atoms with Crippen molar-refractivity contribution in [3.05, 3.63) is 95.4 Å². The molecule has 0 saturated carbocycles. The lowest BCUT2D eigenvalue weighted by atomic mass is 9.92. The van der Waals surface area contributed by atoms with Crippen LogP contribution in [0.2, 0.25) is 0 Å². The van der Waals surface area contributed by atoms with E-state index in [-0.39, 0.29) is 11.8 Å². The summed E-state index contributed by atoms with van der Waals surface area (Å²) in [6.07, 6.45) is 2.71. The molecule has 0 bridgehead atoms. The third-order valence-corrected chi connectivity index (χ3v) is 6.54. The van der Waals surface area contributed by atoms with Crippen molar-refractivity contribution in [2.75, 3.05) is 18.1 Å². The van der Waals surface area contributed by atoms with Crippen LogP contribution in [0.4, 0.5) is 14.9 Å². The van der Waals surface area contributed by atoms with Gasteiger partial charge in [-0.3, -0.25) is 0 Å². The van der Waals surface area contributed by atoms with Crippen molar-refractivity contribution >= 4 is 34.4 Å². The van der Waals surface area contributed by atoms with E-state index < -0.39 is 6.04 Å². The van der Waals surface area contributed by atoms with Gasteiger partial charge in [-0.1, -0.05) is 42.5 Å². The lowest BCUT2D eigenvalue weighted by Gasteiger charge is -2.36. The lowest BCUT2D eigenvalue weighted by molar-refractivity contribution is 0.192. The Morgan fingerprint density at radius 1 is 1.10 bits per heavy atom. The van der Waals surface area contributed by atoms with Crippen LogP contribution in [0.5, 0.6) is 0 Å². The van der Waals surface area contributed by atoms with Crippen LogP contribution in [-0.2, 0) is 6.42 Å². The Morgan fingerprint density at radius 2 is 1.90 bits per heavy atom. The molecule has 1 aliphatic heterocycles. The van der Waals surface area contributed by atoms with Crippen molar-refractivity contribution in [2.45, 2.75) is 17.4 Å². The highest BCUT2D eigenvalue weighted by Crippen LogP contribution is 2.39. The number of carbonyl (C=O) groups is 1. The first kappa shape index (κ1) is 19.7. The minimum absolute atomic E-state index is 0.240. The molecule has 156 valence electrons. The zero-order chi connectivity index (χ0) is 21.4. The maximum absolute atomic E-state index is 14.9. The van der Waals surface area contributed by atoms with Gasteiger partial charge in [0.2, 0.25) is 0 Å². The Morgan fingerprint density at radius 3 is 2.74 bits per heavy atom. The molecule has 4 nitrogen and oxygen atoms in total. The van der Waals surface area contributed by atoms with Crippen LogP contribution in [0.15, 0.2) is 77.7 Å². The molecule has 0 saturated heterocycles. The van der Waals surface area contributed by atoms with E-state index in [1.54, 1.807) is 28.8 Å². The number of H-pyrrole nitrogens is 1. The fourth-order valence-corrected chi connectivity index (χ4v) is 4.84. The summed E-state index contributed by atoms with van der Waals surface area (Å²) in [5.74, 6) is -0.318. The number of carbonyl (C=O) groups excluding carboxylic acids is 1. The van der Waals surface area contributed by atoms with Crippen LogP contribution in [0, 0.1) is 5.82 Å². The van der Waals surface area contributed by atoms with E-state index in [1.807, 2.05) is 54.8 Å². The average molecular weight is 432 g/mol. The number of aromatic nitrogens is 1. The Kier molecular flexibility index (Phi) is 5.16. The van der Waals surface area contributed by atoms with Gasteiger partial charge in [-0.15, -0.1) is 11.8 Å². The van der Waals surface area contributed by atoms with Crippen LogP contribution < -0.4 is 5.32 Å². The predicted molar refractivity (Wildman–Crippen MR) is 124 cm³/mol. The van der Waals surface area contributed by atoms with Gasteiger partial charge in [0, 0.05) is 39.3 Å². The molecular weight excluding hydrogens is 409 g/mol. The monoisotopic (exact) mass is 431 g/mol. The van der Waals surface area contributed by atoms with Crippen molar-refractivity contribution in [1.29, 1.82) is 0 Å². The number of fused-ring (bicyclic) bond motifs is 3. The van der Waals surface area contributed by atoms with Gasteiger partial charge in [-0.25, -0.2) is 9.18 Å². The molecule has 0 radical (unpaired) electrons. The molecular formula is C25H22FN3OS. The summed E-state index contributed by atoms with van der Waals surface area (Å²) >= 11 is 1.62. The number of thioether (sulfide) groups is 1. The summed E-state index contributed by atoms with van der Waals surface area (Å²) < 4.78 is 14.9. The van der Waals surface area contributed by atoms with Gasteiger partial charge in [-0.05, 0) is 48.6 Å². The van der Waals surface area contributed by atoms with Gasteiger partial charge in [-0.2, -0.15) is 0 Å². The summed E-state index contributed by atoms with van der Waals surface area (Å²) in [4.78, 5) is 19.6. The second-order valence-corrected chi connectivity index (χ2v) is 8.47. The van der Waals surface area contributed by atoms with E-state index >= 15 is 0 Å². The number of hydrogen-bond acceptors (Lipinski definition) is 2. The third kappa shape index (κ3) is 3.57. The highest BCUT2D eigenvalue weighted by molar-refractivity contribution is 7.98. The Bertz CT molecular complexity index is 1270. The number of anilines is 1. The van der Waals surface area contributed by atoms with E-state index in [4.69, 9.17) is 0 Å². The third-order valence-electron chi connectivity index (χ3n) is 5.82. The Labute approximate surface area is 184 Å². The van der Waals surface area contributed by atoms with E-state index in [9.17, 15) is 9.18 Å². The molecule has 6 heteroatoms. The van der Waals surface area contributed by atoms with Crippen LogP contribution >= 0.6 is 11.8 Å². The van der Waals surface area contributed by atoms with Crippen LogP contribution in [0.25, 0.3) is 10.9 Å². The summed E-state index contributed by atoms with van der Waals surface area (Å²) in [7, 11) is 0. The number of urea groups is 1. The molecule has 0 aliphatic carbocycles.